The molecule has 0 spiro atoms. The molecule has 1 aromatic carbocycles. The molecule has 0 saturated carbocycles. The highest BCUT2D eigenvalue weighted by Gasteiger charge is 2.14. The lowest BCUT2D eigenvalue weighted by Crippen LogP contribution is -1.86. The van der Waals surface area contributed by atoms with Gasteiger partial charge in [-0.25, -0.2) is 0 Å². The van der Waals surface area contributed by atoms with Gasteiger partial charge in [-0.15, -0.1) is 0 Å². The summed E-state index contributed by atoms with van der Waals surface area (Å²) in [5, 5.41) is 1.44. The molecule has 2 heteroatoms. The first-order valence-electron chi connectivity index (χ1n) is 4.45. The Morgan fingerprint density at radius 2 is 1.85 bits per heavy atom. The predicted octanol–water partition coefficient (Wildman–Crippen LogP) is 4.15. The maximum atomic E-state index is 4.80. The highest BCUT2D eigenvalue weighted by molar-refractivity contribution is 7.69. The molecule has 0 aliphatic carbocycles. The lowest BCUT2D eigenvalue weighted by Gasteiger charge is -2.20. The molecule has 0 fully saturated rings. The van der Waals surface area contributed by atoms with Crippen LogP contribution in [-0.2, 0) is 0 Å². The van der Waals surface area contributed by atoms with Crippen LogP contribution < -0.4 is 0 Å². The van der Waals surface area contributed by atoms with Gasteiger partial charge in [0, 0.05) is 5.56 Å². The van der Waals surface area contributed by atoms with Gasteiger partial charge in [0.25, 0.3) is 0 Å². The second kappa shape index (κ2) is 2.85. The first kappa shape index (κ1) is 8.77. The standard InChI is InChI=1S/C11H14NP/c1-9-8-10-6-4-5-7-11(10)12-13(9,2)3/h4-8H,1-3H3. The van der Waals surface area contributed by atoms with E-state index in [-0.39, 0.29) is 0 Å². The molecule has 2 rings (SSSR count). The quantitative estimate of drug-likeness (QED) is 0.546. The zero-order chi connectivity index (χ0) is 9.47. The Hall–Kier alpha value is -0.810. The van der Waals surface area contributed by atoms with E-state index in [1.165, 1.54) is 10.9 Å². The smallest absolute Gasteiger partial charge is 0.0689 e. The van der Waals surface area contributed by atoms with Gasteiger partial charge < -0.3 is 0 Å². The minimum absolute atomic E-state index is 1.16. The van der Waals surface area contributed by atoms with Crippen molar-refractivity contribution in [3.8, 4) is 0 Å². The van der Waals surface area contributed by atoms with Gasteiger partial charge in [-0.3, -0.25) is 4.74 Å². The van der Waals surface area contributed by atoms with Crippen LogP contribution in [0.25, 0.3) is 6.08 Å². The van der Waals surface area contributed by atoms with Gasteiger partial charge >= 0.3 is 0 Å². The number of nitrogens with zero attached hydrogens (tertiary/aromatic N) is 1. The predicted molar refractivity (Wildman–Crippen MR) is 60.9 cm³/mol. The Morgan fingerprint density at radius 3 is 2.62 bits per heavy atom. The van der Waals surface area contributed by atoms with E-state index in [9.17, 15) is 0 Å². The normalized spacial score (nSPS) is 18.5. The van der Waals surface area contributed by atoms with E-state index in [2.05, 4.69) is 50.6 Å². The zero-order valence-corrected chi connectivity index (χ0v) is 9.18. The van der Waals surface area contributed by atoms with E-state index in [4.69, 9.17) is 4.74 Å². The Balaban J connectivity index is 2.70. The van der Waals surface area contributed by atoms with Gasteiger partial charge in [0.15, 0.2) is 0 Å². The molecule has 0 unspecified atom stereocenters. The van der Waals surface area contributed by atoms with Crippen LogP contribution in [0.1, 0.15) is 12.5 Å². The molecule has 68 valence electrons. The van der Waals surface area contributed by atoms with Gasteiger partial charge in [-0.1, -0.05) is 18.2 Å². The third-order valence-electron chi connectivity index (χ3n) is 2.52. The van der Waals surface area contributed by atoms with Crippen molar-refractivity contribution in [2.75, 3.05) is 13.3 Å². The van der Waals surface area contributed by atoms with Gasteiger partial charge in [0.2, 0.25) is 0 Å². The molecule has 0 saturated heterocycles. The van der Waals surface area contributed by atoms with Gasteiger partial charge in [0.1, 0.15) is 0 Å². The molecule has 0 N–H and O–H groups in total. The molecule has 1 aliphatic rings. The molecule has 0 atom stereocenters. The minimum Gasteiger partial charge on any atom is -0.263 e. The fraction of sp³-hybridized carbons (Fsp3) is 0.273. The van der Waals surface area contributed by atoms with Crippen LogP contribution in [0.2, 0.25) is 0 Å². The van der Waals surface area contributed by atoms with Crippen molar-refractivity contribution >= 4 is 18.8 Å². The maximum absolute atomic E-state index is 4.80. The van der Waals surface area contributed by atoms with Crippen LogP contribution in [0.3, 0.4) is 0 Å². The van der Waals surface area contributed by atoms with Gasteiger partial charge in [0.05, 0.1) is 5.69 Å². The average molecular weight is 191 g/mol. The molecule has 0 bridgehead atoms. The summed E-state index contributed by atoms with van der Waals surface area (Å²) in [6, 6.07) is 8.34. The second-order valence-electron chi connectivity index (χ2n) is 3.84. The SMILES string of the molecule is CC1=Cc2ccccc2N=P1(C)C. The summed E-state index contributed by atoms with van der Waals surface area (Å²) in [7, 11) is -1.17. The van der Waals surface area contributed by atoms with E-state index in [0.717, 1.165) is 5.69 Å². The lowest BCUT2D eigenvalue weighted by atomic mass is 10.2. The van der Waals surface area contributed by atoms with Crippen LogP contribution in [0.4, 0.5) is 5.69 Å². The van der Waals surface area contributed by atoms with E-state index >= 15 is 0 Å². The Kier molecular flexibility index (Phi) is 1.92. The zero-order valence-electron chi connectivity index (χ0n) is 8.28. The largest absolute Gasteiger partial charge is 0.263 e. The summed E-state index contributed by atoms with van der Waals surface area (Å²) in [6.45, 7) is 6.71. The number of allylic oxidation sites excluding steroid dienone is 1. The monoisotopic (exact) mass is 191 g/mol. The van der Waals surface area contributed by atoms with Crippen LogP contribution in [0.5, 0.6) is 0 Å². The van der Waals surface area contributed by atoms with E-state index in [1.807, 2.05) is 0 Å². The Labute approximate surface area is 79.6 Å². The molecule has 0 radical (unpaired) electrons. The molecule has 0 aromatic heterocycles. The van der Waals surface area contributed by atoms with Crippen LogP contribution in [0.15, 0.2) is 34.3 Å². The topological polar surface area (TPSA) is 12.4 Å². The van der Waals surface area contributed by atoms with Crippen molar-refractivity contribution in [2.45, 2.75) is 6.92 Å². The van der Waals surface area contributed by atoms with Crippen LogP contribution >= 0.6 is 7.05 Å². The summed E-state index contributed by atoms with van der Waals surface area (Å²) in [5.74, 6) is 0. The number of benzene rings is 1. The van der Waals surface area contributed by atoms with Crippen molar-refractivity contribution in [2.24, 2.45) is 4.74 Å². The summed E-state index contributed by atoms with van der Waals surface area (Å²) in [4.78, 5) is 0. The first-order valence-corrected chi connectivity index (χ1v) is 7.08. The fourth-order valence-electron chi connectivity index (χ4n) is 1.43. The Bertz CT molecular complexity index is 423. The van der Waals surface area contributed by atoms with Gasteiger partial charge in [-0.05, 0) is 44.8 Å². The van der Waals surface area contributed by atoms with Crippen molar-refractivity contribution in [1.29, 1.82) is 0 Å². The fourth-order valence-corrected chi connectivity index (χ4v) is 2.77. The van der Waals surface area contributed by atoms with Crippen LogP contribution in [-0.4, -0.2) is 13.3 Å². The van der Waals surface area contributed by atoms with Crippen molar-refractivity contribution < 1.29 is 0 Å². The highest BCUT2D eigenvalue weighted by atomic mass is 31.2. The third-order valence-corrected chi connectivity index (χ3v) is 5.09. The number of hydrogen-bond acceptors (Lipinski definition) is 1. The minimum atomic E-state index is -1.17. The molecular weight excluding hydrogens is 177 g/mol. The third kappa shape index (κ3) is 1.49. The van der Waals surface area contributed by atoms with E-state index in [1.54, 1.807) is 0 Å². The second-order valence-corrected chi connectivity index (χ2v) is 7.53. The van der Waals surface area contributed by atoms with Crippen molar-refractivity contribution in [3.63, 3.8) is 0 Å². The number of hydrogen-bond donors (Lipinski definition) is 0. The average Bonchev–Trinajstić information content (AvgIpc) is 2.06. The maximum Gasteiger partial charge on any atom is 0.0689 e. The first-order chi connectivity index (χ1) is 6.09. The molecule has 0 amide bonds. The molecule has 1 nitrogen and oxygen atoms in total. The van der Waals surface area contributed by atoms with Crippen LogP contribution in [0, 0.1) is 0 Å². The molecule has 13 heavy (non-hydrogen) atoms. The molecular formula is C11H14NP. The lowest BCUT2D eigenvalue weighted by molar-refractivity contribution is 1.47. The molecule has 1 aromatic rings. The summed E-state index contributed by atoms with van der Waals surface area (Å²) < 4.78 is 4.80. The number of fused-ring (bicyclic) bond motifs is 1. The van der Waals surface area contributed by atoms with Gasteiger partial charge in [-0.2, -0.15) is 0 Å². The van der Waals surface area contributed by atoms with Crippen molar-refractivity contribution in [1.82, 2.24) is 0 Å². The van der Waals surface area contributed by atoms with Crippen molar-refractivity contribution in [3.05, 3.63) is 35.1 Å². The summed E-state index contributed by atoms with van der Waals surface area (Å²) >= 11 is 0. The van der Waals surface area contributed by atoms with E-state index < -0.39 is 7.05 Å². The molecule has 1 heterocycles. The number of rotatable bonds is 0. The van der Waals surface area contributed by atoms with E-state index in [0.29, 0.717) is 0 Å². The molecule has 1 aliphatic heterocycles. The Morgan fingerprint density at radius 1 is 1.15 bits per heavy atom. The highest BCUT2D eigenvalue weighted by Crippen LogP contribution is 2.56. The summed E-state index contributed by atoms with van der Waals surface area (Å²) in [6.07, 6.45) is 2.27. The summed E-state index contributed by atoms with van der Waals surface area (Å²) in [5.41, 5.74) is 2.42.